The van der Waals surface area contributed by atoms with Crippen LogP contribution in [0.25, 0.3) is 0 Å². The predicted octanol–water partition coefficient (Wildman–Crippen LogP) is 0.153. The van der Waals surface area contributed by atoms with Crippen molar-refractivity contribution < 1.29 is 45.2 Å². The molecule has 5 aliphatic rings. The molecule has 0 amide bonds. The monoisotopic (exact) mass is 514 g/mol. The molecular formula is C27H46O9. The number of rotatable bonds is 4. The molecule has 5 fully saturated rings. The third-order valence-corrected chi connectivity index (χ3v) is 11.4. The van der Waals surface area contributed by atoms with Gasteiger partial charge in [0, 0.05) is 5.92 Å². The highest BCUT2D eigenvalue weighted by Crippen LogP contribution is 2.68. The molecule has 16 atom stereocenters. The van der Waals surface area contributed by atoms with Crippen LogP contribution in [0.3, 0.4) is 0 Å². The summed E-state index contributed by atoms with van der Waals surface area (Å²) in [6.45, 7) is 5.83. The van der Waals surface area contributed by atoms with Crippen molar-refractivity contribution in [2.24, 2.45) is 40.4 Å². The van der Waals surface area contributed by atoms with Crippen LogP contribution in [0.5, 0.6) is 0 Å². The highest BCUT2D eigenvalue weighted by Gasteiger charge is 2.64. The molecule has 0 aromatic rings. The van der Waals surface area contributed by atoms with Gasteiger partial charge < -0.3 is 45.2 Å². The molecule has 0 aromatic carbocycles. The minimum atomic E-state index is -1.52. The van der Waals surface area contributed by atoms with E-state index < -0.39 is 61.7 Å². The van der Waals surface area contributed by atoms with E-state index in [1.165, 1.54) is 0 Å². The molecule has 0 bridgehead atoms. The average Bonchev–Trinajstić information content (AvgIpc) is 3.10. The summed E-state index contributed by atoms with van der Waals surface area (Å²) in [6, 6.07) is 0. The molecule has 4 aliphatic carbocycles. The average molecular weight is 515 g/mol. The van der Waals surface area contributed by atoms with Crippen LogP contribution in [0.2, 0.25) is 0 Å². The van der Waals surface area contributed by atoms with Gasteiger partial charge in [0.15, 0.2) is 6.29 Å². The number of aliphatic hydroxyl groups excluding tert-OH is 7. The van der Waals surface area contributed by atoms with E-state index in [0.29, 0.717) is 36.5 Å². The van der Waals surface area contributed by atoms with E-state index in [0.717, 1.165) is 32.1 Å². The lowest BCUT2D eigenvalue weighted by molar-refractivity contribution is -0.325. The smallest absolute Gasteiger partial charge is 0.187 e. The molecule has 0 spiro atoms. The summed E-state index contributed by atoms with van der Waals surface area (Å²) in [7, 11) is 0. The molecule has 9 nitrogen and oxygen atoms in total. The van der Waals surface area contributed by atoms with Gasteiger partial charge in [-0.2, -0.15) is 0 Å². The van der Waals surface area contributed by atoms with E-state index in [-0.39, 0.29) is 16.7 Å². The molecule has 0 unspecified atom stereocenters. The lowest BCUT2D eigenvalue weighted by Gasteiger charge is -2.62. The summed E-state index contributed by atoms with van der Waals surface area (Å²) in [5, 5.41) is 72.7. The number of ether oxygens (including phenoxy) is 2. The molecule has 4 saturated carbocycles. The SMILES string of the molecule is C[C@@H](O)[C@H]1[C@@H](O)C[C@H]2[C@@H]3CC[C@H]4C[C@H](O)[C@H](O[C@@H]5O[C@H](CO)[C@@H](O)[C@H](O)[C@H]5O)C[C@]4(C)[C@H]3CC[C@]12C. The van der Waals surface area contributed by atoms with Gasteiger partial charge in [-0.1, -0.05) is 13.8 Å². The zero-order valence-corrected chi connectivity index (χ0v) is 21.7. The van der Waals surface area contributed by atoms with Gasteiger partial charge in [-0.15, -0.1) is 0 Å². The molecule has 5 rings (SSSR count). The van der Waals surface area contributed by atoms with Crippen LogP contribution in [-0.4, -0.2) is 97.5 Å². The zero-order chi connectivity index (χ0) is 26.2. The quantitative estimate of drug-likeness (QED) is 0.259. The van der Waals surface area contributed by atoms with Crippen molar-refractivity contribution in [3.8, 4) is 0 Å². The molecule has 1 saturated heterocycles. The Morgan fingerprint density at radius 2 is 1.61 bits per heavy atom. The van der Waals surface area contributed by atoms with Crippen LogP contribution < -0.4 is 0 Å². The Morgan fingerprint density at radius 3 is 2.28 bits per heavy atom. The minimum absolute atomic E-state index is 0.0850. The van der Waals surface area contributed by atoms with Gasteiger partial charge in [0.25, 0.3) is 0 Å². The first kappa shape index (κ1) is 27.2. The zero-order valence-electron chi connectivity index (χ0n) is 21.7. The number of hydrogen-bond acceptors (Lipinski definition) is 9. The summed E-state index contributed by atoms with van der Waals surface area (Å²) in [4.78, 5) is 0. The summed E-state index contributed by atoms with van der Waals surface area (Å²) in [5.41, 5.74) is -0.186. The first-order chi connectivity index (χ1) is 16.9. The van der Waals surface area contributed by atoms with Crippen molar-refractivity contribution in [3.63, 3.8) is 0 Å². The van der Waals surface area contributed by atoms with E-state index in [1.54, 1.807) is 6.92 Å². The fourth-order valence-electron chi connectivity index (χ4n) is 9.67. The van der Waals surface area contributed by atoms with E-state index in [4.69, 9.17) is 9.47 Å². The van der Waals surface area contributed by atoms with Crippen LogP contribution >= 0.6 is 0 Å². The second-order valence-electron chi connectivity index (χ2n) is 13.1. The van der Waals surface area contributed by atoms with Crippen LogP contribution in [0.1, 0.15) is 65.7 Å². The topological polar surface area (TPSA) is 160 Å². The third-order valence-electron chi connectivity index (χ3n) is 11.4. The maximum atomic E-state index is 11.0. The van der Waals surface area contributed by atoms with Crippen molar-refractivity contribution in [2.45, 2.75) is 121 Å². The molecule has 7 N–H and O–H groups in total. The van der Waals surface area contributed by atoms with Crippen LogP contribution in [0.15, 0.2) is 0 Å². The van der Waals surface area contributed by atoms with E-state index in [2.05, 4.69) is 13.8 Å². The van der Waals surface area contributed by atoms with Crippen molar-refractivity contribution in [1.29, 1.82) is 0 Å². The maximum Gasteiger partial charge on any atom is 0.187 e. The Balaban J connectivity index is 1.35. The van der Waals surface area contributed by atoms with Gasteiger partial charge in [-0.3, -0.25) is 0 Å². The van der Waals surface area contributed by atoms with Gasteiger partial charge in [-0.05, 0) is 86.4 Å². The fraction of sp³-hybridized carbons (Fsp3) is 1.00. The van der Waals surface area contributed by atoms with Gasteiger partial charge in [0.1, 0.15) is 24.4 Å². The summed E-state index contributed by atoms with van der Waals surface area (Å²) in [5.74, 6) is 1.42. The fourth-order valence-corrected chi connectivity index (χ4v) is 9.67. The number of hydrogen-bond donors (Lipinski definition) is 7. The van der Waals surface area contributed by atoms with E-state index in [9.17, 15) is 35.7 Å². The molecular weight excluding hydrogens is 468 g/mol. The van der Waals surface area contributed by atoms with Crippen LogP contribution in [-0.2, 0) is 9.47 Å². The largest absolute Gasteiger partial charge is 0.394 e. The lowest BCUT2D eigenvalue weighted by Crippen LogP contribution is -2.62. The summed E-state index contributed by atoms with van der Waals surface area (Å²) < 4.78 is 11.7. The Hall–Kier alpha value is -0.360. The molecule has 1 heterocycles. The summed E-state index contributed by atoms with van der Waals surface area (Å²) in [6.07, 6.45) is -3.24. The summed E-state index contributed by atoms with van der Waals surface area (Å²) >= 11 is 0. The Morgan fingerprint density at radius 1 is 0.889 bits per heavy atom. The second kappa shape index (κ2) is 9.68. The van der Waals surface area contributed by atoms with Crippen molar-refractivity contribution in [1.82, 2.24) is 0 Å². The number of fused-ring (bicyclic) bond motifs is 5. The Bertz CT molecular complexity index is 793. The first-order valence-electron chi connectivity index (χ1n) is 13.9. The Kier molecular flexibility index (Phi) is 7.32. The van der Waals surface area contributed by atoms with Gasteiger partial charge >= 0.3 is 0 Å². The van der Waals surface area contributed by atoms with Crippen molar-refractivity contribution in [3.05, 3.63) is 0 Å². The first-order valence-corrected chi connectivity index (χ1v) is 13.9. The molecule has 0 aromatic heterocycles. The highest BCUT2D eigenvalue weighted by atomic mass is 16.7. The van der Waals surface area contributed by atoms with E-state index in [1.807, 2.05) is 0 Å². The van der Waals surface area contributed by atoms with Gasteiger partial charge in [-0.25, -0.2) is 0 Å². The second-order valence-corrected chi connectivity index (χ2v) is 13.1. The Labute approximate surface area is 213 Å². The van der Waals surface area contributed by atoms with E-state index >= 15 is 0 Å². The molecule has 9 heteroatoms. The van der Waals surface area contributed by atoms with Gasteiger partial charge in [0.05, 0.1) is 31.0 Å². The molecule has 1 aliphatic heterocycles. The minimum Gasteiger partial charge on any atom is -0.394 e. The highest BCUT2D eigenvalue weighted by molar-refractivity contribution is 5.12. The predicted molar refractivity (Wildman–Crippen MR) is 128 cm³/mol. The normalized spacial score (nSPS) is 58.0. The van der Waals surface area contributed by atoms with Crippen LogP contribution in [0, 0.1) is 40.4 Å². The standard InChI is InChI=1S/C27H46O9/c1-12(29)21-18(31)9-16-14-5-4-13-8-17(30)19(10-27(13,3)15(14)6-7-26(16,21)2)35-25-24(34)23(33)22(32)20(11-28)36-25/h12-25,28-34H,4-11H2,1-3H3/t12-,13+,14-,15+,16+,17+,18+,19-,20-,21+,22-,23+,24-,25-,26+,27+/m1/s1. The van der Waals surface area contributed by atoms with Crippen molar-refractivity contribution >= 4 is 0 Å². The third kappa shape index (κ3) is 4.09. The molecule has 208 valence electrons. The van der Waals surface area contributed by atoms with Gasteiger partial charge in [0.2, 0.25) is 0 Å². The molecule has 0 radical (unpaired) electrons. The number of aliphatic hydroxyl groups is 7. The lowest BCUT2D eigenvalue weighted by atomic mass is 9.44. The van der Waals surface area contributed by atoms with Crippen molar-refractivity contribution in [2.75, 3.05) is 6.61 Å². The van der Waals surface area contributed by atoms with Crippen LogP contribution in [0.4, 0.5) is 0 Å². The maximum absolute atomic E-state index is 11.0. The molecule has 36 heavy (non-hydrogen) atoms.